The highest BCUT2D eigenvalue weighted by Crippen LogP contribution is 2.32. The third kappa shape index (κ3) is 3.26. The molecule has 2 rings (SSSR count). The van der Waals surface area contributed by atoms with Crippen LogP contribution in [0, 0.1) is 5.92 Å². The maximum absolute atomic E-state index is 5.84. The van der Waals surface area contributed by atoms with Gasteiger partial charge in [-0.2, -0.15) is 0 Å². The van der Waals surface area contributed by atoms with Crippen molar-refractivity contribution >= 4 is 5.69 Å². The summed E-state index contributed by atoms with van der Waals surface area (Å²) in [6.45, 7) is 6.89. The van der Waals surface area contributed by atoms with Gasteiger partial charge in [-0.3, -0.25) is 0 Å². The third-order valence-electron chi connectivity index (χ3n) is 3.91. The van der Waals surface area contributed by atoms with Crippen molar-refractivity contribution in [1.29, 1.82) is 0 Å². The fraction of sp³-hybridized carbons (Fsp3) is 0.625. The van der Waals surface area contributed by atoms with Crippen LogP contribution in [-0.4, -0.2) is 6.04 Å². The van der Waals surface area contributed by atoms with Crippen molar-refractivity contribution in [3.8, 4) is 0 Å². The van der Waals surface area contributed by atoms with Crippen molar-refractivity contribution in [3.05, 3.63) is 29.3 Å². The van der Waals surface area contributed by atoms with E-state index in [0.29, 0.717) is 12.1 Å². The number of benzene rings is 1. The third-order valence-corrected chi connectivity index (χ3v) is 3.91. The van der Waals surface area contributed by atoms with Crippen LogP contribution in [0.15, 0.2) is 18.2 Å². The molecule has 0 spiro atoms. The predicted octanol–water partition coefficient (Wildman–Crippen LogP) is 3.67. The van der Waals surface area contributed by atoms with Crippen molar-refractivity contribution in [1.82, 2.24) is 5.32 Å². The van der Waals surface area contributed by atoms with Gasteiger partial charge in [0.1, 0.15) is 0 Å². The van der Waals surface area contributed by atoms with Gasteiger partial charge in [-0.05, 0) is 61.8 Å². The molecule has 2 heteroatoms. The van der Waals surface area contributed by atoms with Gasteiger partial charge in [-0.15, -0.1) is 0 Å². The minimum absolute atomic E-state index is 0.530. The van der Waals surface area contributed by atoms with Crippen molar-refractivity contribution in [2.24, 2.45) is 5.92 Å². The van der Waals surface area contributed by atoms with Gasteiger partial charge in [0.2, 0.25) is 0 Å². The number of nitrogen functional groups attached to an aromatic ring is 1. The topological polar surface area (TPSA) is 38.0 Å². The zero-order valence-corrected chi connectivity index (χ0v) is 11.9. The normalized spacial score (nSPS) is 20.1. The molecule has 3 N–H and O–H groups in total. The van der Waals surface area contributed by atoms with E-state index >= 15 is 0 Å². The zero-order valence-electron chi connectivity index (χ0n) is 11.9. The van der Waals surface area contributed by atoms with Crippen LogP contribution in [0.4, 0.5) is 5.69 Å². The molecule has 1 aliphatic carbocycles. The summed E-state index contributed by atoms with van der Waals surface area (Å²) in [5.74, 6) is 0.796. The summed E-state index contributed by atoms with van der Waals surface area (Å²) in [5, 5.41) is 3.77. The second-order valence-corrected chi connectivity index (χ2v) is 6.09. The largest absolute Gasteiger partial charge is 0.399 e. The first-order valence-corrected chi connectivity index (χ1v) is 7.20. The van der Waals surface area contributed by atoms with E-state index in [2.05, 4.69) is 38.2 Å². The van der Waals surface area contributed by atoms with Gasteiger partial charge in [0.15, 0.2) is 0 Å². The van der Waals surface area contributed by atoms with E-state index in [1.54, 1.807) is 0 Å². The van der Waals surface area contributed by atoms with Crippen LogP contribution in [-0.2, 0) is 6.42 Å². The molecule has 2 unspecified atom stereocenters. The molecule has 0 saturated carbocycles. The molecule has 0 aromatic heterocycles. The first-order chi connectivity index (χ1) is 8.56. The van der Waals surface area contributed by atoms with Crippen LogP contribution in [0.2, 0.25) is 0 Å². The SMILES string of the molecule is CC(C)CCC(C)NC1CCc2cc(N)ccc21. The molecule has 0 aliphatic heterocycles. The molecule has 0 saturated heterocycles. The number of nitrogens with one attached hydrogen (secondary N) is 1. The van der Waals surface area contributed by atoms with Gasteiger partial charge in [-0.25, -0.2) is 0 Å². The molecule has 2 atom stereocenters. The van der Waals surface area contributed by atoms with Gasteiger partial charge >= 0.3 is 0 Å². The van der Waals surface area contributed by atoms with Crippen LogP contribution >= 0.6 is 0 Å². The highest BCUT2D eigenvalue weighted by Gasteiger charge is 2.23. The molecule has 18 heavy (non-hydrogen) atoms. The lowest BCUT2D eigenvalue weighted by Gasteiger charge is -2.21. The Morgan fingerprint density at radius 1 is 1.28 bits per heavy atom. The van der Waals surface area contributed by atoms with E-state index in [0.717, 1.165) is 18.0 Å². The highest BCUT2D eigenvalue weighted by molar-refractivity contribution is 5.47. The van der Waals surface area contributed by atoms with Gasteiger partial charge in [0.05, 0.1) is 0 Å². The Kier molecular flexibility index (Phi) is 4.28. The Morgan fingerprint density at radius 3 is 2.78 bits per heavy atom. The number of hydrogen-bond acceptors (Lipinski definition) is 2. The summed E-state index contributed by atoms with van der Waals surface area (Å²) in [5.41, 5.74) is 9.62. The maximum Gasteiger partial charge on any atom is 0.0328 e. The molecule has 100 valence electrons. The average Bonchev–Trinajstić information content (AvgIpc) is 2.69. The van der Waals surface area contributed by atoms with E-state index in [9.17, 15) is 0 Å². The lowest BCUT2D eigenvalue weighted by atomic mass is 10.0. The number of nitrogens with two attached hydrogens (primary N) is 1. The van der Waals surface area contributed by atoms with Crippen LogP contribution in [0.5, 0.6) is 0 Å². The molecule has 1 aromatic rings. The minimum Gasteiger partial charge on any atom is -0.399 e. The molecule has 0 radical (unpaired) electrons. The monoisotopic (exact) mass is 246 g/mol. The van der Waals surface area contributed by atoms with E-state index in [4.69, 9.17) is 5.73 Å². The van der Waals surface area contributed by atoms with Crippen LogP contribution in [0.25, 0.3) is 0 Å². The Hall–Kier alpha value is -1.02. The number of anilines is 1. The van der Waals surface area contributed by atoms with E-state index in [1.165, 1.54) is 30.4 Å². The second-order valence-electron chi connectivity index (χ2n) is 6.09. The summed E-state index contributed by atoms with van der Waals surface area (Å²) in [6.07, 6.45) is 4.94. The lowest BCUT2D eigenvalue weighted by Crippen LogP contribution is -2.29. The van der Waals surface area contributed by atoms with Crippen LogP contribution in [0.3, 0.4) is 0 Å². The Balaban J connectivity index is 1.93. The molecule has 0 bridgehead atoms. The van der Waals surface area contributed by atoms with E-state index in [1.807, 2.05) is 6.07 Å². The van der Waals surface area contributed by atoms with E-state index < -0.39 is 0 Å². The maximum atomic E-state index is 5.84. The average molecular weight is 246 g/mol. The standard InChI is InChI=1S/C16H26N2/c1-11(2)4-5-12(3)18-16-9-6-13-10-14(17)7-8-15(13)16/h7-8,10-12,16,18H,4-6,9,17H2,1-3H3. The predicted molar refractivity (Wildman–Crippen MR) is 78.6 cm³/mol. The molecule has 2 nitrogen and oxygen atoms in total. The summed E-state index contributed by atoms with van der Waals surface area (Å²) in [6, 6.07) is 7.49. The molecule has 1 aliphatic rings. The highest BCUT2D eigenvalue weighted by atomic mass is 14.9. The minimum atomic E-state index is 0.530. The molecule has 1 aromatic carbocycles. The molecule has 0 amide bonds. The molecular formula is C16H26N2. The summed E-state index contributed by atoms with van der Waals surface area (Å²) in [7, 11) is 0. The smallest absolute Gasteiger partial charge is 0.0328 e. The van der Waals surface area contributed by atoms with Gasteiger partial charge in [-0.1, -0.05) is 19.9 Å². The van der Waals surface area contributed by atoms with Gasteiger partial charge in [0.25, 0.3) is 0 Å². The number of fused-ring (bicyclic) bond motifs is 1. The van der Waals surface area contributed by atoms with Crippen LogP contribution < -0.4 is 11.1 Å². The van der Waals surface area contributed by atoms with Gasteiger partial charge in [0, 0.05) is 17.8 Å². The van der Waals surface area contributed by atoms with Crippen molar-refractivity contribution in [2.75, 3.05) is 5.73 Å². The summed E-state index contributed by atoms with van der Waals surface area (Å²) in [4.78, 5) is 0. The first-order valence-electron chi connectivity index (χ1n) is 7.20. The number of aryl methyl sites for hydroxylation is 1. The zero-order chi connectivity index (χ0) is 13.1. The summed E-state index contributed by atoms with van der Waals surface area (Å²) < 4.78 is 0. The fourth-order valence-electron chi connectivity index (χ4n) is 2.82. The fourth-order valence-corrected chi connectivity index (χ4v) is 2.82. The van der Waals surface area contributed by atoms with E-state index in [-0.39, 0.29) is 0 Å². The lowest BCUT2D eigenvalue weighted by molar-refractivity contribution is 0.403. The summed E-state index contributed by atoms with van der Waals surface area (Å²) >= 11 is 0. The van der Waals surface area contributed by atoms with Crippen LogP contribution in [0.1, 0.15) is 57.2 Å². The number of hydrogen-bond donors (Lipinski definition) is 2. The number of rotatable bonds is 5. The van der Waals surface area contributed by atoms with Crippen molar-refractivity contribution in [2.45, 2.75) is 58.5 Å². The quantitative estimate of drug-likeness (QED) is 0.778. The van der Waals surface area contributed by atoms with Gasteiger partial charge < -0.3 is 11.1 Å². The molecule has 0 heterocycles. The van der Waals surface area contributed by atoms with Crippen molar-refractivity contribution < 1.29 is 0 Å². The Bertz CT molecular complexity index is 398. The Labute approximate surface area is 111 Å². The van der Waals surface area contributed by atoms with Crippen molar-refractivity contribution in [3.63, 3.8) is 0 Å². The molecule has 0 fully saturated rings. The molecular weight excluding hydrogens is 220 g/mol. The second kappa shape index (κ2) is 5.75. The Morgan fingerprint density at radius 2 is 2.06 bits per heavy atom. The first kappa shape index (κ1) is 13.4.